The maximum absolute atomic E-state index is 11.7. The largest absolute Gasteiger partial charge is 0.480 e. The van der Waals surface area contributed by atoms with E-state index in [1.54, 1.807) is 13.0 Å². The van der Waals surface area contributed by atoms with E-state index in [0.29, 0.717) is 24.2 Å². The number of nitrogens with one attached hydrogen (secondary N) is 1. The van der Waals surface area contributed by atoms with Gasteiger partial charge in [-0.2, -0.15) is 0 Å². The number of hydrogen-bond acceptors (Lipinski definition) is 5. The van der Waals surface area contributed by atoms with Crippen molar-refractivity contribution in [2.24, 2.45) is 0 Å². The predicted octanol–water partition coefficient (Wildman–Crippen LogP) is 0.861. The minimum atomic E-state index is -0.862. The first-order valence-corrected chi connectivity index (χ1v) is 6.23. The highest BCUT2D eigenvalue weighted by molar-refractivity contribution is 5.89. The molecule has 0 bridgehead atoms. The van der Waals surface area contributed by atoms with Crippen molar-refractivity contribution in [3.63, 3.8) is 0 Å². The summed E-state index contributed by atoms with van der Waals surface area (Å²) in [6.07, 6.45) is 2.27. The van der Waals surface area contributed by atoms with Gasteiger partial charge in [0, 0.05) is 25.1 Å². The standard InChI is InChI=1S/C12H17N3O4/c1-8-6-10(14-19-8)13-11(16)4-5-15(7-12(17)18)9-2-3-9/h6,9H,2-5,7H2,1H3,(H,17,18)(H,13,14,16). The summed E-state index contributed by atoms with van der Waals surface area (Å²) in [5.74, 6) is -0.0386. The van der Waals surface area contributed by atoms with Gasteiger partial charge in [0.1, 0.15) is 5.76 Å². The molecule has 1 heterocycles. The predicted molar refractivity (Wildman–Crippen MR) is 66.7 cm³/mol. The molecular formula is C12H17N3O4. The smallest absolute Gasteiger partial charge is 0.317 e. The fourth-order valence-corrected chi connectivity index (χ4v) is 1.88. The molecule has 1 aliphatic carbocycles. The van der Waals surface area contributed by atoms with E-state index in [2.05, 4.69) is 10.5 Å². The number of carboxylic acids is 1. The lowest BCUT2D eigenvalue weighted by molar-refractivity contribution is -0.138. The lowest BCUT2D eigenvalue weighted by atomic mass is 10.3. The normalized spacial score (nSPS) is 14.6. The summed E-state index contributed by atoms with van der Waals surface area (Å²) in [6, 6.07) is 1.95. The highest BCUT2D eigenvalue weighted by atomic mass is 16.5. The molecule has 0 aromatic carbocycles. The molecule has 7 heteroatoms. The molecular weight excluding hydrogens is 250 g/mol. The number of aromatic nitrogens is 1. The van der Waals surface area contributed by atoms with Gasteiger partial charge in [0.05, 0.1) is 6.54 Å². The van der Waals surface area contributed by atoms with Gasteiger partial charge in [0.2, 0.25) is 5.91 Å². The summed E-state index contributed by atoms with van der Waals surface area (Å²) in [5.41, 5.74) is 0. The molecule has 1 saturated carbocycles. The number of amides is 1. The second kappa shape index (κ2) is 5.83. The van der Waals surface area contributed by atoms with Gasteiger partial charge in [-0.25, -0.2) is 0 Å². The third kappa shape index (κ3) is 4.36. The van der Waals surface area contributed by atoms with Gasteiger partial charge in [0.15, 0.2) is 5.82 Å². The van der Waals surface area contributed by atoms with Crippen molar-refractivity contribution < 1.29 is 19.2 Å². The van der Waals surface area contributed by atoms with Gasteiger partial charge in [-0.3, -0.25) is 14.5 Å². The molecule has 0 atom stereocenters. The molecule has 1 aromatic heterocycles. The average Bonchev–Trinajstić information content (AvgIpc) is 3.09. The van der Waals surface area contributed by atoms with Crippen LogP contribution in [0.1, 0.15) is 25.0 Å². The van der Waals surface area contributed by atoms with Crippen molar-refractivity contribution >= 4 is 17.7 Å². The number of hydrogen-bond donors (Lipinski definition) is 2. The van der Waals surface area contributed by atoms with E-state index >= 15 is 0 Å². The maximum atomic E-state index is 11.7. The fourth-order valence-electron chi connectivity index (χ4n) is 1.88. The van der Waals surface area contributed by atoms with Gasteiger partial charge >= 0.3 is 5.97 Å². The van der Waals surface area contributed by atoms with Crippen molar-refractivity contribution in [1.82, 2.24) is 10.1 Å². The highest BCUT2D eigenvalue weighted by Crippen LogP contribution is 2.26. The Morgan fingerprint density at radius 2 is 2.32 bits per heavy atom. The average molecular weight is 267 g/mol. The van der Waals surface area contributed by atoms with E-state index < -0.39 is 5.97 Å². The number of aryl methyl sites for hydroxylation is 1. The van der Waals surface area contributed by atoms with Crippen molar-refractivity contribution in [2.45, 2.75) is 32.2 Å². The molecule has 1 amide bonds. The van der Waals surface area contributed by atoms with Gasteiger partial charge in [-0.1, -0.05) is 5.16 Å². The topological polar surface area (TPSA) is 95.7 Å². The lowest BCUT2D eigenvalue weighted by Crippen LogP contribution is -2.34. The molecule has 2 N–H and O–H groups in total. The van der Waals surface area contributed by atoms with Gasteiger partial charge in [-0.05, 0) is 19.8 Å². The minimum Gasteiger partial charge on any atom is -0.480 e. The SMILES string of the molecule is Cc1cc(NC(=O)CCN(CC(=O)O)C2CC2)no1. The first kappa shape index (κ1) is 13.5. The van der Waals surface area contributed by atoms with Crippen LogP contribution in [0.5, 0.6) is 0 Å². The minimum absolute atomic E-state index is 0.0129. The van der Waals surface area contributed by atoms with Crippen LogP contribution in [-0.4, -0.2) is 46.2 Å². The maximum Gasteiger partial charge on any atom is 0.317 e. The summed E-state index contributed by atoms with van der Waals surface area (Å²) >= 11 is 0. The summed E-state index contributed by atoms with van der Waals surface area (Å²) in [4.78, 5) is 24.2. The first-order chi connectivity index (χ1) is 9.04. The zero-order valence-corrected chi connectivity index (χ0v) is 10.8. The van der Waals surface area contributed by atoms with Gasteiger partial charge < -0.3 is 14.9 Å². The Hall–Kier alpha value is -1.89. The van der Waals surface area contributed by atoms with Crippen LogP contribution in [0.25, 0.3) is 0 Å². The van der Waals surface area contributed by atoms with Crippen LogP contribution >= 0.6 is 0 Å². The first-order valence-electron chi connectivity index (χ1n) is 6.23. The van der Waals surface area contributed by atoms with Crippen LogP contribution in [0.3, 0.4) is 0 Å². The molecule has 1 aliphatic rings. The van der Waals surface area contributed by atoms with Crippen LogP contribution in [0, 0.1) is 6.92 Å². The van der Waals surface area contributed by atoms with Crippen LogP contribution in [0.15, 0.2) is 10.6 Å². The molecule has 7 nitrogen and oxygen atoms in total. The summed E-state index contributed by atoms with van der Waals surface area (Å²) in [5, 5.41) is 15.1. The number of carbonyl (C=O) groups excluding carboxylic acids is 1. The third-order valence-corrected chi connectivity index (χ3v) is 2.92. The van der Waals surface area contributed by atoms with E-state index in [-0.39, 0.29) is 18.9 Å². The number of aliphatic carboxylic acids is 1. The van der Waals surface area contributed by atoms with Gasteiger partial charge in [0.25, 0.3) is 0 Å². The Morgan fingerprint density at radius 3 is 2.84 bits per heavy atom. The molecule has 0 aliphatic heterocycles. The zero-order valence-electron chi connectivity index (χ0n) is 10.8. The molecule has 0 spiro atoms. The summed E-state index contributed by atoms with van der Waals surface area (Å²) in [6.45, 7) is 2.17. The quantitative estimate of drug-likeness (QED) is 0.760. The van der Waals surface area contributed by atoms with Crippen molar-refractivity contribution in [2.75, 3.05) is 18.4 Å². The highest BCUT2D eigenvalue weighted by Gasteiger charge is 2.30. The molecule has 104 valence electrons. The number of carboxylic acid groups (broad SMARTS) is 1. The van der Waals surface area contributed by atoms with E-state index in [9.17, 15) is 9.59 Å². The van der Waals surface area contributed by atoms with Crippen LogP contribution in [0.4, 0.5) is 5.82 Å². The summed E-state index contributed by atoms with van der Waals surface area (Å²) in [7, 11) is 0. The number of anilines is 1. The molecule has 0 radical (unpaired) electrons. The van der Waals surface area contributed by atoms with Crippen molar-refractivity contribution in [3.8, 4) is 0 Å². The second-order valence-corrected chi connectivity index (χ2v) is 4.72. The van der Waals surface area contributed by atoms with E-state index in [1.807, 2.05) is 4.90 Å². The Kier molecular flexibility index (Phi) is 4.16. The molecule has 1 aromatic rings. The Labute approximate surface area is 110 Å². The van der Waals surface area contributed by atoms with Crippen molar-refractivity contribution in [1.29, 1.82) is 0 Å². The van der Waals surface area contributed by atoms with Crippen molar-refractivity contribution in [3.05, 3.63) is 11.8 Å². The molecule has 0 saturated heterocycles. The Morgan fingerprint density at radius 1 is 1.58 bits per heavy atom. The second-order valence-electron chi connectivity index (χ2n) is 4.72. The number of rotatable bonds is 7. The van der Waals surface area contributed by atoms with E-state index in [4.69, 9.17) is 9.63 Å². The molecule has 19 heavy (non-hydrogen) atoms. The third-order valence-electron chi connectivity index (χ3n) is 2.92. The van der Waals surface area contributed by atoms with E-state index in [0.717, 1.165) is 12.8 Å². The molecule has 2 rings (SSSR count). The molecule has 0 unspecified atom stereocenters. The Balaban J connectivity index is 1.76. The molecule has 1 fully saturated rings. The van der Waals surface area contributed by atoms with Crippen LogP contribution < -0.4 is 5.32 Å². The number of carbonyl (C=O) groups is 2. The lowest BCUT2D eigenvalue weighted by Gasteiger charge is -2.18. The van der Waals surface area contributed by atoms with E-state index in [1.165, 1.54) is 0 Å². The number of nitrogens with zero attached hydrogens (tertiary/aromatic N) is 2. The monoisotopic (exact) mass is 267 g/mol. The zero-order chi connectivity index (χ0) is 13.8. The van der Waals surface area contributed by atoms with Gasteiger partial charge in [-0.15, -0.1) is 0 Å². The van der Waals surface area contributed by atoms with Crippen LogP contribution in [-0.2, 0) is 9.59 Å². The fraction of sp³-hybridized carbons (Fsp3) is 0.583. The Bertz CT molecular complexity index is 467. The summed E-state index contributed by atoms with van der Waals surface area (Å²) < 4.78 is 4.84. The van der Waals surface area contributed by atoms with Crippen LogP contribution in [0.2, 0.25) is 0 Å².